The van der Waals surface area contributed by atoms with Crippen LogP contribution in [0.15, 0.2) is 247 Å². The molecule has 300 valence electrons. The molecule has 0 fully saturated rings. The third-order valence-electron chi connectivity index (χ3n) is 13.5. The first kappa shape index (κ1) is 36.3. The van der Waals surface area contributed by atoms with Crippen molar-refractivity contribution < 1.29 is 4.42 Å². The van der Waals surface area contributed by atoms with E-state index in [0.29, 0.717) is 0 Å². The van der Waals surface area contributed by atoms with Crippen LogP contribution in [-0.4, -0.2) is 4.57 Å². The molecule has 0 saturated carbocycles. The highest BCUT2D eigenvalue weighted by Crippen LogP contribution is 2.56. The highest BCUT2D eigenvalue weighted by atomic mass is 16.3. The number of fused-ring (bicyclic) bond motifs is 9. The van der Waals surface area contributed by atoms with Gasteiger partial charge in [0, 0.05) is 49.9 Å². The molecule has 0 saturated heterocycles. The molecule has 0 amide bonds. The largest absolute Gasteiger partial charge is 0.455 e. The van der Waals surface area contributed by atoms with E-state index in [1.807, 2.05) is 12.1 Å². The molecule has 10 aromatic carbocycles. The first-order valence-corrected chi connectivity index (χ1v) is 22.0. The zero-order valence-electron chi connectivity index (χ0n) is 34.9. The summed E-state index contributed by atoms with van der Waals surface area (Å²) in [5, 5.41) is 4.75. The molecular formula is C61H40N2O. The number of benzene rings is 10. The molecule has 0 atom stereocenters. The summed E-state index contributed by atoms with van der Waals surface area (Å²) in [5.74, 6) is 0. The van der Waals surface area contributed by atoms with Gasteiger partial charge >= 0.3 is 0 Å². The minimum atomic E-state index is -0.479. The van der Waals surface area contributed by atoms with Crippen molar-refractivity contribution >= 4 is 60.8 Å². The van der Waals surface area contributed by atoms with Crippen LogP contribution in [0.1, 0.15) is 22.3 Å². The van der Waals surface area contributed by atoms with Gasteiger partial charge in [0.15, 0.2) is 0 Å². The van der Waals surface area contributed by atoms with Crippen LogP contribution in [0.2, 0.25) is 0 Å². The zero-order valence-corrected chi connectivity index (χ0v) is 34.9. The Bertz CT molecular complexity index is 3630. The number of hydrogen-bond donors (Lipinski definition) is 0. The maximum Gasteiger partial charge on any atom is 0.143 e. The molecule has 0 spiro atoms. The van der Waals surface area contributed by atoms with Crippen molar-refractivity contribution in [1.82, 2.24) is 4.57 Å². The highest BCUT2D eigenvalue weighted by molar-refractivity contribution is 6.10. The van der Waals surface area contributed by atoms with Crippen LogP contribution in [0.25, 0.3) is 71.7 Å². The highest BCUT2D eigenvalue weighted by Gasteiger charge is 2.45. The fraction of sp³-hybridized carbons (Fsp3) is 0.0164. The van der Waals surface area contributed by atoms with Gasteiger partial charge < -0.3 is 13.9 Å². The maximum atomic E-state index is 6.49. The monoisotopic (exact) mass is 816 g/mol. The molecule has 1 aliphatic carbocycles. The minimum absolute atomic E-state index is 0.479. The topological polar surface area (TPSA) is 21.3 Å². The number of hydrogen-bond acceptors (Lipinski definition) is 2. The fourth-order valence-corrected chi connectivity index (χ4v) is 10.8. The van der Waals surface area contributed by atoms with E-state index in [-0.39, 0.29) is 0 Å². The van der Waals surface area contributed by atoms with Gasteiger partial charge in [0.2, 0.25) is 0 Å². The number of rotatable bonds is 7. The third-order valence-corrected chi connectivity index (χ3v) is 13.5. The average Bonchev–Trinajstić information content (AvgIpc) is 4.02. The molecule has 1 aliphatic rings. The second-order valence-electron chi connectivity index (χ2n) is 16.8. The second kappa shape index (κ2) is 14.3. The Balaban J connectivity index is 0.987. The molecule has 3 heteroatoms. The summed E-state index contributed by atoms with van der Waals surface area (Å²) in [6.45, 7) is 0. The first-order chi connectivity index (χ1) is 31.8. The van der Waals surface area contributed by atoms with Gasteiger partial charge in [-0.25, -0.2) is 0 Å². The molecule has 0 radical (unpaired) electrons. The molecule has 2 aromatic heterocycles. The van der Waals surface area contributed by atoms with Crippen LogP contribution in [0.4, 0.5) is 17.1 Å². The van der Waals surface area contributed by atoms with Gasteiger partial charge in [-0.2, -0.15) is 0 Å². The van der Waals surface area contributed by atoms with Crippen LogP contribution in [0.3, 0.4) is 0 Å². The van der Waals surface area contributed by atoms with E-state index in [1.165, 1.54) is 55.2 Å². The van der Waals surface area contributed by atoms with Gasteiger partial charge in [-0.3, -0.25) is 0 Å². The summed E-state index contributed by atoms with van der Waals surface area (Å²) in [7, 11) is 0. The second-order valence-corrected chi connectivity index (χ2v) is 16.8. The van der Waals surface area contributed by atoms with Crippen molar-refractivity contribution in [3.05, 3.63) is 265 Å². The summed E-state index contributed by atoms with van der Waals surface area (Å²) in [6, 6.07) is 88.2. The van der Waals surface area contributed by atoms with Gasteiger partial charge in [0.05, 0.1) is 16.4 Å². The molecule has 0 N–H and O–H groups in total. The average molecular weight is 817 g/mol. The Morgan fingerprint density at radius 2 is 0.875 bits per heavy atom. The smallest absolute Gasteiger partial charge is 0.143 e. The van der Waals surface area contributed by atoms with Crippen molar-refractivity contribution in [1.29, 1.82) is 0 Å². The number of aromatic nitrogens is 1. The number of furan rings is 1. The predicted octanol–water partition coefficient (Wildman–Crippen LogP) is 16.2. The standard InChI is InChI=1S/C61H40N2O/c1-2-16-42(17-3-1)61(55-27-9-4-20-49(55)50-21-5-10-28-56(50)61)43-34-38-45(39-35-43)62(44-36-32-41(33-37-44)48-25-15-26-54-53-24-8-13-31-59(53)64-60(48)54)46-18-14-19-47(40-46)63-57-29-11-6-22-51(57)52-23-7-12-30-58(52)63/h1-40H. The number of nitrogens with zero attached hydrogens (tertiary/aromatic N) is 2. The summed E-state index contributed by atoms with van der Waals surface area (Å²) >= 11 is 0. The molecule has 13 rings (SSSR count). The molecular weight excluding hydrogens is 777 g/mol. The summed E-state index contributed by atoms with van der Waals surface area (Å²) in [6.07, 6.45) is 0. The predicted molar refractivity (Wildman–Crippen MR) is 265 cm³/mol. The number of para-hydroxylation sites is 4. The van der Waals surface area contributed by atoms with Gasteiger partial charge in [-0.05, 0) is 99.6 Å². The molecule has 0 bridgehead atoms. The van der Waals surface area contributed by atoms with Gasteiger partial charge in [-0.1, -0.05) is 182 Å². The van der Waals surface area contributed by atoms with Gasteiger partial charge in [0.25, 0.3) is 0 Å². The lowest BCUT2D eigenvalue weighted by atomic mass is 9.68. The van der Waals surface area contributed by atoms with Crippen molar-refractivity contribution in [2.45, 2.75) is 5.41 Å². The molecule has 12 aromatic rings. The Morgan fingerprint density at radius 1 is 0.359 bits per heavy atom. The molecule has 3 nitrogen and oxygen atoms in total. The Morgan fingerprint density at radius 3 is 1.56 bits per heavy atom. The first-order valence-electron chi connectivity index (χ1n) is 22.0. The molecule has 2 heterocycles. The summed E-state index contributed by atoms with van der Waals surface area (Å²) < 4.78 is 8.88. The number of anilines is 3. The van der Waals surface area contributed by atoms with Crippen molar-refractivity contribution in [2.24, 2.45) is 0 Å². The third kappa shape index (κ3) is 5.34. The lowest BCUT2D eigenvalue weighted by Crippen LogP contribution is -2.28. The van der Waals surface area contributed by atoms with Gasteiger partial charge in [0.1, 0.15) is 11.2 Å². The Hall–Kier alpha value is -8.40. The quantitative estimate of drug-likeness (QED) is 0.160. The van der Waals surface area contributed by atoms with Crippen LogP contribution >= 0.6 is 0 Å². The van der Waals surface area contributed by atoms with Crippen LogP contribution in [-0.2, 0) is 5.41 Å². The lowest BCUT2D eigenvalue weighted by Gasteiger charge is -2.34. The van der Waals surface area contributed by atoms with E-state index < -0.39 is 5.41 Å². The van der Waals surface area contributed by atoms with Gasteiger partial charge in [-0.15, -0.1) is 0 Å². The normalized spacial score (nSPS) is 12.8. The van der Waals surface area contributed by atoms with Crippen molar-refractivity contribution in [3.8, 4) is 27.9 Å². The van der Waals surface area contributed by atoms with E-state index in [0.717, 1.165) is 55.8 Å². The molecule has 0 unspecified atom stereocenters. The van der Waals surface area contributed by atoms with E-state index in [2.05, 4.69) is 240 Å². The van der Waals surface area contributed by atoms with E-state index in [1.54, 1.807) is 0 Å². The SMILES string of the molecule is c1ccc(C2(c3ccc(N(c4ccc(-c5cccc6c5oc5ccccc56)cc4)c4cccc(-n5c6ccccc6c6ccccc65)c4)cc3)c3ccccc3-c3ccccc32)cc1. The Kier molecular flexibility index (Phi) is 8.13. The zero-order chi connectivity index (χ0) is 42.2. The fourth-order valence-electron chi connectivity index (χ4n) is 10.8. The maximum absolute atomic E-state index is 6.49. The van der Waals surface area contributed by atoms with Crippen LogP contribution < -0.4 is 4.90 Å². The summed E-state index contributed by atoms with van der Waals surface area (Å²) in [5.41, 5.74) is 17.8. The van der Waals surface area contributed by atoms with Crippen LogP contribution in [0.5, 0.6) is 0 Å². The van der Waals surface area contributed by atoms with Crippen molar-refractivity contribution in [2.75, 3.05) is 4.90 Å². The van der Waals surface area contributed by atoms with E-state index in [4.69, 9.17) is 4.42 Å². The van der Waals surface area contributed by atoms with Crippen LogP contribution in [0, 0.1) is 0 Å². The molecule has 0 aliphatic heterocycles. The summed E-state index contributed by atoms with van der Waals surface area (Å²) in [4.78, 5) is 2.39. The lowest BCUT2D eigenvalue weighted by molar-refractivity contribution is 0.670. The van der Waals surface area contributed by atoms with Crippen molar-refractivity contribution in [3.63, 3.8) is 0 Å². The minimum Gasteiger partial charge on any atom is -0.455 e. The van der Waals surface area contributed by atoms with E-state index >= 15 is 0 Å². The Labute approximate surface area is 371 Å². The van der Waals surface area contributed by atoms with E-state index in [9.17, 15) is 0 Å². The molecule has 64 heavy (non-hydrogen) atoms.